The lowest BCUT2D eigenvalue weighted by molar-refractivity contribution is 0.0519. The highest BCUT2D eigenvalue weighted by molar-refractivity contribution is 5.87. The summed E-state index contributed by atoms with van der Waals surface area (Å²) in [7, 11) is 0. The van der Waals surface area contributed by atoms with Crippen molar-refractivity contribution in [2.75, 3.05) is 6.61 Å². The molecular formula is C15H26N2O2. The van der Waals surface area contributed by atoms with Crippen LogP contribution in [0, 0.1) is 0 Å². The first-order valence-corrected chi connectivity index (χ1v) is 7.49. The number of ether oxygens (including phenoxy) is 1. The first-order chi connectivity index (χ1) is 9.27. The normalized spacial score (nSPS) is 10.6. The second-order valence-corrected chi connectivity index (χ2v) is 4.87. The lowest BCUT2D eigenvalue weighted by atomic mass is 10.1. The highest BCUT2D eigenvalue weighted by atomic mass is 16.5. The van der Waals surface area contributed by atoms with Gasteiger partial charge in [0.2, 0.25) is 0 Å². The minimum atomic E-state index is -0.343. The molecule has 0 aromatic carbocycles. The number of hydrogen-bond acceptors (Lipinski definition) is 3. The fraction of sp³-hybridized carbons (Fsp3) is 0.733. The Bertz CT molecular complexity index is 361. The summed E-state index contributed by atoms with van der Waals surface area (Å²) in [6.45, 7) is 4.42. The van der Waals surface area contributed by atoms with E-state index in [2.05, 4.69) is 17.1 Å². The first-order valence-electron chi connectivity index (χ1n) is 7.49. The van der Waals surface area contributed by atoms with Crippen molar-refractivity contribution in [2.45, 2.75) is 65.2 Å². The third-order valence-electron chi connectivity index (χ3n) is 3.17. The summed E-state index contributed by atoms with van der Waals surface area (Å²) in [6, 6.07) is 1.80. The van der Waals surface area contributed by atoms with E-state index in [1.165, 1.54) is 38.5 Å². The molecule has 4 nitrogen and oxygen atoms in total. The Labute approximate surface area is 115 Å². The number of H-pyrrole nitrogens is 1. The van der Waals surface area contributed by atoms with Crippen molar-refractivity contribution >= 4 is 5.97 Å². The van der Waals surface area contributed by atoms with Crippen LogP contribution in [0.2, 0.25) is 0 Å². The van der Waals surface area contributed by atoms with Gasteiger partial charge in [-0.2, -0.15) is 5.10 Å². The number of unbranched alkanes of at least 4 members (excludes halogenated alkanes) is 6. The fourth-order valence-corrected chi connectivity index (χ4v) is 2.07. The Kier molecular flexibility index (Phi) is 7.94. The molecule has 0 atom stereocenters. The molecule has 0 fully saturated rings. The topological polar surface area (TPSA) is 55.0 Å². The summed E-state index contributed by atoms with van der Waals surface area (Å²) >= 11 is 0. The fourth-order valence-electron chi connectivity index (χ4n) is 2.07. The van der Waals surface area contributed by atoms with Gasteiger partial charge in [-0.3, -0.25) is 5.10 Å². The number of rotatable bonds is 10. The van der Waals surface area contributed by atoms with Crippen LogP contribution < -0.4 is 0 Å². The Hall–Kier alpha value is -1.32. The SMILES string of the molecule is CCCCCCCCCc1cc(C(=O)OCC)n[nH]1. The summed E-state index contributed by atoms with van der Waals surface area (Å²) < 4.78 is 4.90. The quantitative estimate of drug-likeness (QED) is 0.516. The molecule has 0 saturated carbocycles. The second kappa shape index (κ2) is 9.59. The van der Waals surface area contributed by atoms with Crippen LogP contribution >= 0.6 is 0 Å². The highest BCUT2D eigenvalue weighted by Crippen LogP contribution is 2.10. The monoisotopic (exact) mass is 266 g/mol. The van der Waals surface area contributed by atoms with Crippen molar-refractivity contribution in [1.29, 1.82) is 0 Å². The molecule has 1 rings (SSSR count). The van der Waals surface area contributed by atoms with Crippen LogP contribution in [0.15, 0.2) is 6.07 Å². The van der Waals surface area contributed by atoms with Crippen LogP contribution in [0.4, 0.5) is 0 Å². The van der Waals surface area contributed by atoms with Crippen LogP contribution in [-0.2, 0) is 11.2 Å². The number of nitrogens with zero attached hydrogens (tertiary/aromatic N) is 1. The molecule has 1 aromatic heterocycles. The van der Waals surface area contributed by atoms with Crippen molar-refractivity contribution < 1.29 is 9.53 Å². The minimum absolute atomic E-state index is 0.343. The van der Waals surface area contributed by atoms with Gasteiger partial charge in [0.25, 0.3) is 0 Å². The molecule has 19 heavy (non-hydrogen) atoms. The van der Waals surface area contributed by atoms with Crippen LogP contribution in [0.25, 0.3) is 0 Å². The Morgan fingerprint density at radius 2 is 1.84 bits per heavy atom. The van der Waals surface area contributed by atoms with E-state index in [0.29, 0.717) is 12.3 Å². The van der Waals surface area contributed by atoms with Crippen molar-refractivity contribution in [2.24, 2.45) is 0 Å². The Balaban J connectivity index is 2.14. The van der Waals surface area contributed by atoms with E-state index >= 15 is 0 Å². The van der Waals surface area contributed by atoms with Crippen molar-refractivity contribution in [3.05, 3.63) is 17.5 Å². The molecule has 0 spiro atoms. The maximum Gasteiger partial charge on any atom is 0.358 e. The maximum atomic E-state index is 11.4. The predicted molar refractivity (Wildman–Crippen MR) is 76.2 cm³/mol. The molecule has 0 bridgehead atoms. The second-order valence-electron chi connectivity index (χ2n) is 4.87. The van der Waals surface area contributed by atoms with Gasteiger partial charge in [-0.05, 0) is 25.8 Å². The Morgan fingerprint density at radius 3 is 2.53 bits per heavy atom. The molecule has 0 aliphatic heterocycles. The van der Waals surface area contributed by atoms with Crippen molar-refractivity contribution in [3.63, 3.8) is 0 Å². The smallest absolute Gasteiger partial charge is 0.358 e. The first kappa shape index (κ1) is 15.7. The van der Waals surface area contributed by atoms with E-state index in [-0.39, 0.29) is 5.97 Å². The van der Waals surface area contributed by atoms with Crippen molar-refractivity contribution in [1.82, 2.24) is 10.2 Å². The van der Waals surface area contributed by atoms with Gasteiger partial charge in [-0.15, -0.1) is 0 Å². The van der Waals surface area contributed by atoms with Gasteiger partial charge in [0.15, 0.2) is 5.69 Å². The zero-order valence-corrected chi connectivity index (χ0v) is 12.2. The number of esters is 1. The van der Waals surface area contributed by atoms with E-state index < -0.39 is 0 Å². The molecule has 0 radical (unpaired) electrons. The maximum absolute atomic E-state index is 11.4. The predicted octanol–water partition coefficient (Wildman–Crippen LogP) is 3.88. The number of hydrogen-bond donors (Lipinski definition) is 1. The number of aromatic amines is 1. The molecule has 0 unspecified atom stereocenters. The van der Waals surface area contributed by atoms with Gasteiger partial charge >= 0.3 is 5.97 Å². The van der Waals surface area contributed by atoms with Gasteiger partial charge in [-0.25, -0.2) is 4.79 Å². The summed E-state index contributed by atoms with van der Waals surface area (Å²) in [5.74, 6) is -0.343. The highest BCUT2D eigenvalue weighted by Gasteiger charge is 2.10. The number of carbonyl (C=O) groups excluding carboxylic acids is 1. The lowest BCUT2D eigenvalue weighted by Gasteiger charge is -1.99. The summed E-state index contributed by atoms with van der Waals surface area (Å²) in [4.78, 5) is 11.4. The molecule has 4 heteroatoms. The number of nitrogens with one attached hydrogen (secondary N) is 1. The molecule has 0 saturated heterocycles. The molecule has 0 aliphatic rings. The average molecular weight is 266 g/mol. The van der Waals surface area contributed by atoms with Gasteiger partial charge in [0.1, 0.15) is 0 Å². The number of carbonyl (C=O) groups is 1. The third-order valence-corrected chi connectivity index (χ3v) is 3.17. The number of aromatic nitrogens is 2. The standard InChI is InChI=1S/C15H26N2O2/c1-3-5-6-7-8-9-10-11-13-12-14(17-16-13)15(18)19-4-2/h12H,3-11H2,1-2H3,(H,16,17). The lowest BCUT2D eigenvalue weighted by Crippen LogP contribution is -2.04. The zero-order valence-electron chi connectivity index (χ0n) is 12.2. The van der Waals surface area contributed by atoms with Gasteiger partial charge in [-0.1, -0.05) is 45.4 Å². The van der Waals surface area contributed by atoms with E-state index in [9.17, 15) is 4.79 Å². The molecule has 1 N–H and O–H groups in total. The summed E-state index contributed by atoms with van der Waals surface area (Å²) in [5.41, 5.74) is 1.41. The number of aryl methyl sites for hydroxylation is 1. The molecule has 1 aromatic rings. The summed E-state index contributed by atoms with van der Waals surface area (Å²) in [6.07, 6.45) is 10.00. The molecule has 0 aliphatic carbocycles. The Morgan fingerprint density at radius 1 is 1.16 bits per heavy atom. The van der Waals surface area contributed by atoms with Crippen LogP contribution in [0.5, 0.6) is 0 Å². The van der Waals surface area contributed by atoms with E-state index in [0.717, 1.165) is 18.5 Å². The molecule has 0 amide bonds. The molecule has 1 heterocycles. The van der Waals surface area contributed by atoms with Gasteiger partial charge in [0.05, 0.1) is 6.61 Å². The largest absolute Gasteiger partial charge is 0.461 e. The minimum Gasteiger partial charge on any atom is -0.461 e. The van der Waals surface area contributed by atoms with E-state index in [1.54, 1.807) is 13.0 Å². The van der Waals surface area contributed by atoms with Crippen molar-refractivity contribution in [3.8, 4) is 0 Å². The average Bonchev–Trinajstić information content (AvgIpc) is 2.87. The third kappa shape index (κ3) is 6.41. The molecular weight excluding hydrogens is 240 g/mol. The molecule has 108 valence electrons. The van der Waals surface area contributed by atoms with E-state index in [4.69, 9.17) is 4.74 Å². The zero-order chi connectivity index (χ0) is 13.9. The summed E-state index contributed by atoms with van der Waals surface area (Å²) in [5, 5.41) is 6.88. The van der Waals surface area contributed by atoms with Crippen LogP contribution in [-0.4, -0.2) is 22.8 Å². The van der Waals surface area contributed by atoms with Crippen LogP contribution in [0.3, 0.4) is 0 Å². The van der Waals surface area contributed by atoms with E-state index in [1.807, 2.05) is 0 Å². The van der Waals surface area contributed by atoms with Gasteiger partial charge in [0, 0.05) is 5.69 Å². The van der Waals surface area contributed by atoms with Gasteiger partial charge < -0.3 is 4.74 Å². The van der Waals surface area contributed by atoms with Crippen LogP contribution in [0.1, 0.15) is 75.0 Å².